The lowest BCUT2D eigenvalue weighted by atomic mass is 9.83. The molecule has 0 saturated carbocycles. The average Bonchev–Trinajstić information content (AvgIpc) is 3.33. The van der Waals surface area contributed by atoms with Crippen LogP contribution in [0.4, 0.5) is 0 Å². The third-order valence-electron chi connectivity index (χ3n) is 7.81. The second kappa shape index (κ2) is 11.1. The Kier molecular flexibility index (Phi) is 7.02. The minimum absolute atomic E-state index is 0.0487. The average molecular weight is 591 g/mol. The number of fused-ring (bicyclic) bond motifs is 3. The number of hydrogen-bond donors (Lipinski definition) is 0. The summed E-state index contributed by atoms with van der Waals surface area (Å²) in [6.07, 6.45) is 3.69. The Hall–Kier alpha value is -4.39. The lowest BCUT2D eigenvalue weighted by Crippen LogP contribution is -2.38. The predicted octanol–water partition coefficient (Wildman–Crippen LogP) is 6.56. The van der Waals surface area contributed by atoms with Crippen molar-refractivity contribution >= 4 is 34.7 Å². The minimum Gasteiger partial charge on any atom is -0.497 e. The van der Waals surface area contributed by atoms with Gasteiger partial charge in [-0.3, -0.25) is 9.36 Å². The second-order valence-corrected chi connectivity index (χ2v) is 11.8. The van der Waals surface area contributed by atoms with Gasteiger partial charge in [0.2, 0.25) is 0 Å². The quantitative estimate of drug-likeness (QED) is 0.225. The standard InChI is InChI=1S/C35H27ClN2O3S/c1-40-26-16-13-24(14-17-26)33-29-18-15-23-8-2-4-11-28(23)32(29)37-35-38(33)34(39)31(42-35)20-22-7-6-10-27(19-22)41-21-25-9-3-5-12-30(25)36/h2-14,16-17,19-20,33H,15,18,21H2,1H3/b31-20-/t33-/m1/s1. The molecular weight excluding hydrogens is 564 g/mol. The number of methoxy groups -OCH3 is 1. The van der Waals surface area contributed by atoms with Crippen LogP contribution in [0.15, 0.2) is 112 Å². The maximum Gasteiger partial charge on any atom is 0.271 e. The molecule has 1 aliphatic heterocycles. The van der Waals surface area contributed by atoms with Crippen LogP contribution in [0.3, 0.4) is 0 Å². The molecule has 1 aliphatic carbocycles. The van der Waals surface area contributed by atoms with Crippen LogP contribution in [-0.4, -0.2) is 11.7 Å². The van der Waals surface area contributed by atoms with Gasteiger partial charge in [-0.05, 0) is 71.5 Å². The van der Waals surface area contributed by atoms with E-state index in [9.17, 15) is 4.79 Å². The molecule has 0 fully saturated rings. The Labute approximate surface area is 252 Å². The first kappa shape index (κ1) is 26.5. The van der Waals surface area contributed by atoms with Crippen molar-refractivity contribution in [1.82, 2.24) is 4.57 Å². The fourth-order valence-electron chi connectivity index (χ4n) is 5.73. The van der Waals surface area contributed by atoms with E-state index in [0.717, 1.165) is 46.5 Å². The number of aromatic nitrogens is 1. The van der Waals surface area contributed by atoms with Gasteiger partial charge in [-0.15, -0.1) is 0 Å². The minimum atomic E-state index is -0.233. The van der Waals surface area contributed by atoms with E-state index in [2.05, 4.69) is 36.4 Å². The number of aryl methyl sites for hydroxylation is 1. The normalized spacial score (nSPS) is 15.9. The molecule has 0 bridgehead atoms. The van der Waals surface area contributed by atoms with Gasteiger partial charge in [0.1, 0.15) is 18.1 Å². The second-order valence-electron chi connectivity index (χ2n) is 10.3. The number of benzene rings is 4. The first-order valence-electron chi connectivity index (χ1n) is 13.8. The SMILES string of the molecule is COc1ccc([C@@H]2C3=C(N=c4s/c(=C\c5cccc(OCc6ccccc6Cl)c5)c(=O)n42)c2ccccc2CC3)cc1. The topological polar surface area (TPSA) is 52.8 Å². The molecule has 0 saturated heterocycles. The van der Waals surface area contributed by atoms with E-state index in [1.54, 1.807) is 7.11 Å². The summed E-state index contributed by atoms with van der Waals surface area (Å²) in [6.45, 7) is 0.361. The largest absolute Gasteiger partial charge is 0.497 e. The molecule has 42 heavy (non-hydrogen) atoms. The van der Waals surface area contributed by atoms with E-state index in [1.807, 2.05) is 71.3 Å². The van der Waals surface area contributed by atoms with Crippen molar-refractivity contribution in [3.63, 3.8) is 0 Å². The van der Waals surface area contributed by atoms with Crippen molar-refractivity contribution in [3.05, 3.63) is 155 Å². The Morgan fingerprint density at radius 1 is 0.952 bits per heavy atom. The zero-order valence-electron chi connectivity index (χ0n) is 22.9. The molecule has 2 heterocycles. The van der Waals surface area contributed by atoms with E-state index in [1.165, 1.54) is 22.5 Å². The van der Waals surface area contributed by atoms with Crippen LogP contribution < -0.4 is 24.4 Å². The summed E-state index contributed by atoms with van der Waals surface area (Å²) < 4.78 is 13.9. The van der Waals surface area contributed by atoms with Crippen molar-refractivity contribution in [2.75, 3.05) is 7.11 Å². The van der Waals surface area contributed by atoms with Crippen LogP contribution in [0.1, 0.15) is 40.3 Å². The van der Waals surface area contributed by atoms with Gasteiger partial charge in [-0.1, -0.05) is 89.7 Å². The number of rotatable bonds is 6. The Bertz CT molecular complexity index is 2020. The number of allylic oxidation sites excluding steroid dienone is 1. The van der Waals surface area contributed by atoms with E-state index >= 15 is 0 Å². The van der Waals surface area contributed by atoms with Crippen molar-refractivity contribution in [1.29, 1.82) is 0 Å². The summed E-state index contributed by atoms with van der Waals surface area (Å²) in [5.74, 6) is 1.49. The number of hydrogen-bond acceptors (Lipinski definition) is 5. The van der Waals surface area contributed by atoms with E-state index in [0.29, 0.717) is 26.7 Å². The fourth-order valence-corrected chi connectivity index (χ4v) is 6.92. The van der Waals surface area contributed by atoms with Crippen LogP contribution in [0.5, 0.6) is 11.5 Å². The molecule has 4 aromatic carbocycles. The number of thiazole rings is 1. The molecule has 5 aromatic rings. The van der Waals surface area contributed by atoms with Crippen LogP contribution in [0, 0.1) is 0 Å². The van der Waals surface area contributed by atoms with E-state index in [4.69, 9.17) is 26.1 Å². The van der Waals surface area contributed by atoms with Crippen molar-refractivity contribution in [2.45, 2.75) is 25.5 Å². The third kappa shape index (κ3) is 4.87. The Morgan fingerprint density at radius 2 is 1.76 bits per heavy atom. The summed E-state index contributed by atoms with van der Waals surface area (Å²) in [6, 6.07) is 31.6. The van der Waals surface area contributed by atoms with Gasteiger partial charge in [0, 0.05) is 16.1 Å². The van der Waals surface area contributed by atoms with Crippen LogP contribution >= 0.6 is 22.9 Å². The van der Waals surface area contributed by atoms with E-state index < -0.39 is 0 Å². The lowest BCUT2D eigenvalue weighted by Gasteiger charge is -2.30. The first-order valence-corrected chi connectivity index (χ1v) is 15.0. The predicted molar refractivity (Wildman–Crippen MR) is 168 cm³/mol. The van der Waals surface area contributed by atoms with E-state index in [-0.39, 0.29) is 11.6 Å². The molecular formula is C35H27ClN2O3S. The highest BCUT2D eigenvalue weighted by Crippen LogP contribution is 2.41. The van der Waals surface area contributed by atoms with Gasteiger partial charge in [0.05, 0.1) is 23.4 Å². The van der Waals surface area contributed by atoms with Gasteiger partial charge in [0.25, 0.3) is 5.56 Å². The lowest BCUT2D eigenvalue weighted by molar-refractivity contribution is 0.306. The molecule has 7 rings (SSSR count). The zero-order chi connectivity index (χ0) is 28.6. The Morgan fingerprint density at radius 3 is 2.60 bits per heavy atom. The highest BCUT2D eigenvalue weighted by molar-refractivity contribution is 7.07. The van der Waals surface area contributed by atoms with Crippen LogP contribution in [0.25, 0.3) is 11.8 Å². The zero-order valence-corrected chi connectivity index (χ0v) is 24.5. The smallest absolute Gasteiger partial charge is 0.271 e. The van der Waals surface area contributed by atoms with Gasteiger partial charge in [-0.25, -0.2) is 4.99 Å². The van der Waals surface area contributed by atoms with Crippen LogP contribution in [0.2, 0.25) is 5.02 Å². The Balaban J connectivity index is 1.31. The van der Waals surface area contributed by atoms with Crippen molar-refractivity contribution < 1.29 is 9.47 Å². The molecule has 0 radical (unpaired) electrons. The molecule has 1 aromatic heterocycles. The fraction of sp³-hybridized carbons (Fsp3) is 0.143. The summed E-state index contributed by atoms with van der Waals surface area (Å²) >= 11 is 7.72. The first-order chi connectivity index (χ1) is 20.6. The van der Waals surface area contributed by atoms with Gasteiger partial charge < -0.3 is 9.47 Å². The molecule has 0 N–H and O–H groups in total. The van der Waals surface area contributed by atoms with Crippen molar-refractivity contribution in [2.24, 2.45) is 4.99 Å². The monoisotopic (exact) mass is 590 g/mol. The maximum atomic E-state index is 14.1. The summed E-state index contributed by atoms with van der Waals surface area (Å²) in [5.41, 5.74) is 7.40. The summed E-state index contributed by atoms with van der Waals surface area (Å²) in [4.78, 5) is 19.9. The van der Waals surface area contributed by atoms with Gasteiger partial charge in [-0.2, -0.15) is 0 Å². The summed E-state index contributed by atoms with van der Waals surface area (Å²) in [7, 11) is 1.66. The molecule has 7 heteroatoms. The number of halogens is 1. The van der Waals surface area contributed by atoms with Gasteiger partial charge >= 0.3 is 0 Å². The molecule has 0 amide bonds. The van der Waals surface area contributed by atoms with Crippen LogP contribution in [-0.2, 0) is 13.0 Å². The third-order valence-corrected chi connectivity index (χ3v) is 9.16. The molecule has 2 aliphatic rings. The maximum absolute atomic E-state index is 14.1. The summed E-state index contributed by atoms with van der Waals surface area (Å²) in [5, 5.41) is 0.673. The highest BCUT2D eigenvalue weighted by atomic mass is 35.5. The number of ether oxygens (including phenoxy) is 2. The molecule has 208 valence electrons. The number of nitrogens with zero attached hydrogens (tertiary/aromatic N) is 2. The van der Waals surface area contributed by atoms with Crippen molar-refractivity contribution in [3.8, 4) is 11.5 Å². The highest BCUT2D eigenvalue weighted by Gasteiger charge is 2.32. The molecule has 0 spiro atoms. The van der Waals surface area contributed by atoms with Gasteiger partial charge in [0.15, 0.2) is 4.80 Å². The molecule has 5 nitrogen and oxygen atoms in total. The molecule has 0 unspecified atom stereocenters. The molecule has 1 atom stereocenters.